The van der Waals surface area contributed by atoms with E-state index in [-0.39, 0.29) is 41.7 Å². The number of hydrogen-bond donors (Lipinski definition) is 0. The summed E-state index contributed by atoms with van der Waals surface area (Å²) in [4.78, 5) is 3.95. The molecule has 1 aliphatic heterocycles. The first-order valence-corrected chi connectivity index (χ1v) is 11.7. The summed E-state index contributed by atoms with van der Waals surface area (Å²) in [6, 6.07) is 4.02. The molecule has 0 saturated heterocycles. The van der Waals surface area contributed by atoms with E-state index in [1.165, 1.54) is 0 Å². The molecule has 27 heavy (non-hydrogen) atoms. The van der Waals surface area contributed by atoms with E-state index < -0.39 is 10.1 Å². The van der Waals surface area contributed by atoms with Crippen LogP contribution in [0.25, 0.3) is 10.1 Å². The summed E-state index contributed by atoms with van der Waals surface area (Å²) in [6.07, 6.45) is 2.98. The SMILES string of the molecule is CCC(=S)C=C1Sc2cc(OC)c3ccsc3c2N1CCCS(=O)(=O)[O-].[Na+]. The Morgan fingerprint density at radius 1 is 1.44 bits per heavy atom. The topological polar surface area (TPSA) is 69.7 Å². The van der Waals surface area contributed by atoms with E-state index >= 15 is 0 Å². The van der Waals surface area contributed by atoms with Crippen LogP contribution in [-0.2, 0) is 10.1 Å². The van der Waals surface area contributed by atoms with Gasteiger partial charge in [0.15, 0.2) is 0 Å². The van der Waals surface area contributed by atoms with Crippen LogP contribution in [0.2, 0.25) is 0 Å². The zero-order valence-corrected chi connectivity index (χ0v) is 20.6. The van der Waals surface area contributed by atoms with Crippen molar-refractivity contribution in [2.24, 2.45) is 0 Å². The van der Waals surface area contributed by atoms with Crippen LogP contribution in [0.1, 0.15) is 19.8 Å². The Balaban J connectivity index is 0.00000261. The molecule has 0 aliphatic carbocycles. The predicted molar refractivity (Wildman–Crippen MR) is 112 cm³/mol. The summed E-state index contributed by atoms with van der Waals surface area (Å²) in [6.45, 7) is 2.44. The van der Waals surface area contributed by atoms with Crippen molar-refractivity contribution in [3.63, 3.8) is 0 Å². The molecule has 0 radical (unpaired) electrons. The van der Waals surface area contributed by atoms with Crippen LogP contribution in [0.4, 0.5) is 5.69 Å². The summed E-state index contributed by atoms with van der Waals surface area (Å²) in [5.41, 5.74) is 1.04. The number of fused-ring (bicyclic) bond motifs is 3. The monoisotopic (exact) mass is 451 g/mol. The standard InChI is InChI=1S/C17H19NO4S4.Na/c1-3-11(23)9-15-18(6-4-8-26(19,20)21)16-14(25-15)10-13(22-2)12-5-7-24-17(12)16;/h5,7,9-10H,3-4,6,8H2,1-2H3,(H,19,20,21);/q;+1/p-1. The second-order valence-electron chi connectivity index (χ2n) is 5.76. The zero-order chi connectivity index (χ0) is 18.9. The van der Waals surface area contributed by atoms with Gasteiger partial charge in [0.05, 0.1) is 32.6 Å². The molecule has 1 aromatic carbocycles. The van der Waals surface area contributed by atoms with Gasteiger partial charge in [0.25, 0.3) is 0 Å². The molecule has 2 aromatic rings. The van der Waals surface area contributed by atoms with Gasteiger partial charge in [-0.25, -0.2) is 8.42 Å². The summed E-state index contributed by atoms with van der Waals surface area (Å²) >= 11 is 8.58. The van der Waals surface area contributed by atoms with Crippen LogP contribution in [0, 0.1) is 0 Å². The van der Waals surface area contributed by atoms with E-state index in [1.807, 2.05) is 30.5 Å². The molecule has 0 atom stereocenters. The third kappa shape index (κ3) is 5.27. The summed E-state index contributed by atoms with van der Waals surface area (Å²) in [5, 5.41) is 3.99. The maximum atomic E-state index is 11.0. The molecule has 0 bridgehead atoms. The average molecular weight is 452 g/mol. The molecule has 0 unspecified atom stereocenters. The largest absolute Gasteiger partial charge is 1.00 e. The molecule has 1 aliphatic rings. The minimum atomic E-state index is -4.23. The molecule has 0 saturated carbocycles. The average Bonchev–Trinajstić information content (AvgIpc) is 3.17. The molecule has 2 heterocycles. The Morgan fingerprint density at radius 2 is 2.19 bits per heavy atom. The number of benzene rings is 1. The second kappa shape index (κ2) is 9.58. The van der Waals surface area contributed by atoms with Crippen LogP contribution < -0.4 is 39.2 Å². The number of anilines is 1. The normalized spacial score (nSPS) is 15.1. The van der Waals surface area contributed by atoms with Crippen LogP contribution in [-0.4, -0.2) is 37.2 Å². The Hall–Kier alpha value is -0.130. The van der Waals surface area contributed by atoms with Gasteiger partial charge in [0.2, 0.25) is 0 Å². The summed E-state index contributed by atoms with van der Waals surface area (Å²) in [7, 11) is -2.58. The number of thiocarbonyl (C=S) groups is 1. The second-order valence-corrected chi connectivity index (χ2v) is 9.79. The fourth-order valence-corrected chi connectivity index (χ4v) is 5.71. The van der Waals surface area contributed by atoms with E-state index in [0.717, 1.165) is 42.7 Å². The van der Waals surface area contributed by atoms with Gasteiger partial charge >= 0.3 is 29.6 Å². The molecule has 0 amide bonds. The Morgan fingerprint density at radius 3 is 2.81 bits per heavy atom. The van der Waals surface area contributed by atoms with Gasteiger partial charge in [-0.15, -0.1) is 11.3 Å². The molecule has 5 nitrogen and oxygen atoms in total. The van der Waals surface area contributed by atoms with Gasteiger partial charge in [0.1, 0.15) is 5.75 Å². The minimum Gasteiger partial charge on any atom is -0.748 e. The first kappa shape index (κ1) is 23.2. The summed E-state index contributed by atoms with van der Waals surface area (Å²) < 4.78 is 39.5. The van der Waals surface area contributed by atoms with Crippen LogP contribution in [0.15, 0.2) is 33.5 Å². The number of thiophene rings is 1. The smallest absolute Gasteiger partial charge is 0.748 e. The molecule has 10 heteroatoms. The van der Waals surface area contributed by atoms with Crippen molar-refractivity contribution in [2.45, 2.75) is 24.7 Å². The fourth-order valence-electron chi connectivity index (χ4n) is 2.81. The number of thioether (sulfide) groups is 1. The van der Waals surface area contributed by atoms with Crippen LogP contribution >= 0.6 is 35.3 Å². The molecule has 0 spiro atoms. The van der Waals surface area contributed by atoms with Crippen molar-refractivity contribution in [3.05, 3.63) is 28.6 Å². The van der Waals surface area contributed by atoms with E-state index in [1.54, 1.807) is 30.2 Å². The zero-order valence-electron chi connectivity index (χ0n) is 15.4. The van der Waals surface area contributed by atoms with E-state index in [9.17, 15) is 13.0 Å². The molecule has 3 rings (SSSR count). The van der Waals surface area contributed by atoms with Gasteiger partial charge < -0.3 is 14.2 Å². The van der Waals surface area contributed by atoms with Crippen molar-refractivity contribution in [3.8, 4) is 5.75 Å². The minimum absolute atomic E-state index is 0. The van der Waals surface area contributed by atoms with Crippen molar-refractivity contribution < 1.29 is 47.3 Å². The first-order chi connectivity index (χ1) is 12.3. The van der Waals surface area contributed by atoms with Crippen LogP contribution in [0.3, 0.4) is 0 Å². The third-order valence-corrected chi connectivity index (χ3v) is 7.22. The molecular formula is C17H18NNaO4S4. The Bertz CT molecular complexity index is 984. The first-order valence-electron chi connectivity index (χ1n) is 8.05. The Kier molecular flexibility index (Phi) is 8.21. The van der Waals surface area contributed by atoms with E-state index in [0.29, 0.717) is 6.54 Å². The van der Waals surface area contributed by atoms with Gasteiger partial charge in [-0.2, -0.15) is 0 Å². The molecule has 0 fully saturated rings. The maximum absolute atomic E-state index is 11.0. The number of rotatable bonds is 7. The van der Waals surface area contributed by atoms with Gasteiger partial charge in [-0.3, -0.25) is 0 Å². The van der Waals surface area contributed by atoms with Gasteiger partial charge in [-0.1, -0.05) is 30.9 Å². The van der Waals surface area contributed by atoms with Crippen molar-refractivity contribution in [1.29, 1.82) is 0 Å². The quantitative estimate of drug-likeness (QED) is 0.273. The number of methoxy groups -OCH3 is 1. The Labute approximate surface area is 195 Å². The number of hydrogen-bond acceptors (Lipinski definition) is 8. The predicted octanol–water partition coefficient (Wildman–Crippen LogP) is 1.38. The van der Waals surface area contributed by atoms with E-state index in [2.05, 4.69) is 4.90 Å². The van der Waals surface area contributed by atoms with Crippen molar-refractivity contribution in [1.82, 2.24) is 0 Å². The van der Waals surface area contributed by atoms with Gasteiger partial charge in [-0.05, 0) is 36.4 Å². The number of ether oxygens (including phenoxy) is 1. The third-order valence-electron chi connectivity index (χ3n) is 4.02. The summed E-state index contributed by atoms with van der Waals surface area (Å²) in [5.74, 6) is 0.438. The van der Waals surface area contributed by atoms with Gasteiger partial charge in [0, 0.05) is 27.4 Å². The molecule has 1 aromatic heterocycles. The molecule has 140 valence electrons. The number of allylic oxidation sites excluding steroid dienone is 1. The fraction of sp³-hybridized carbons (Fsp3) is 0.353. The molecule has 0 N–H and O–H groups in total. The van der Waals surface area contributed by atoms with E-state index in [4.69, 9.17) is 17.0 Å². The van der Waals surface area contributed by atoms with Crippen LogP contribution in [0.5, 0.6) is 5.75 Å². The maximum Gasteiger partial charge on any atom is 1.00 e. The van der Waals surface area contributed by atoms with Crippen molar-refractivity contribution in [2.75, 3.05) is 24.3 Å². The molecular weight excluding hydrogens is 433 g/mol. The van der Waals surface area contributed by atoms with Crippen molar-refractivity contribution >= 4 is 66.1 Å². The number of nitrogens with zero attached hydrogens (tertiary/aromatic N) is 1.